The van der Waals surface area contributed by atoms with Crippen LogP contribution in [0.4, 0.5) is 0 Å². The lowest BCUT2D eigenvalue weighted by Gasteiger charge is -2.36. The Balaban J connectivity index is 1.33. The van der Waals surface area contributed by atoms with Gasteiger partial charge in [0.15, 0.2) is 5.96 Å². The maximum atomic E-state index is 12.5. The molecule has 1 saturated heterocycles. The van der Waals surface area contributed by atoms with Gasteiger partial charge in [-0.15, -0.1) is 0 Å². The predicted octanol–water partition coefficient (Wildman–Crippen LogP) is 1.03. The van der Waals surface area contributed by atoms with Crippen LogP contribution in [0.3, 0.4) is 0 Å². The van der Waals surface area contributed by atoms with E-state index in [0.717, 1.165) is 58.2 Å². The van der Waals surface area contributed by atoms with E-state index in [4.69, 9.17) is 0 Å². The number of amides is 2. The molecule has 170 valence electrons. The number of rotatable bonds is 7. The monoisotopic (exact) mass is 428 g/mol. The molecule has 0 aliphatic carbocycles. The van der Waals surface area contributed by atoms with Gasteiger partial charge in [0, 0.05) is 65.3 Å². The van der Waals surface area contributed by atoms with Gasteiger partial charge in [0.05, 0.1) is 6.54 Å². The van der Waals surface area contributed by atoms with Crippen molar-refractivity contribution in [2.24, 2.45) is 4.99 Å². The topological polar surface area (TPSA) is 80.3 Å². The minimum Gasteiger partial charge on any atom is -0.356 e. The molecule has 0 spiro atoms. The Labute approximate surface area is 185 Å². The molecule has 2 N–H and O–H groups in total. The Hall–Kier alpha value is -2.61. The number of hydrogen-bond acceptors (Lipinski definition) is 4. The van der Waals surface area contributed by atoms with Crippen LogP contribution in [-0.2, 0) is 22.7 Å². The fourth-order valence-corrected chi connectivity index (χ4v) is 4.13. The SMILES string of the molecule is CN=C(NCCCC(=O)N1Cc2ccccc2C1)N1CCN(CC(=O)NC(C)C)CC1. The highest BCUT2D eigenvalue weighted by Gasteiger charge is 2.23. The molecule has 1 fully saturated rings. The van der Waals surface area contributed by atoms with Gasteiger partial charge in [-0.3, -0.25) is 19.5 Å². The minimum atomic E-state index is 0.0803. The maximum absolute atomic E-state index is 12.5. The highest BCUT2D eigenvalue weighted by atomic mass is 16.2. The molecule has 1 aromatic rings. The van der Waals surface area contributed by atoms with Gasteiger partial charge < -0.3 is 20.4 Å². The first-order valence-electron chi connectivity index (χ1n) is 11.3. The average molecular weight is 429 g/mol. The summed E-state index contributed by atoms with van der Waals surface area (Å²) in [5, 5.41) is 6.33. The van der Waals surface area contributed by atoms with Gasteiger partial charge >= 0.3 is 0 Å². The van der Waals surface area contributed by atoms with Crippen LogP contribution in [-0.4, -0.2) is 84.8 Å². The third-order valence-corrected chi connectivity index (χ3v) is 5.74. The number of nitrogens with one attached hydrogen (secondary N) is 2. The number of hydrogen-bond donors (Lipinski definition) is 2. The van der Waals surface area contributed by atoms with Crippen LogP contribution in [0.1, 0.15) is 37.8 Å². The summed E-state index contributed by atoms with van der Waals surface area (Å²) in [6.07, 6.45) is 1.32. The molecule has 0 unspecified atom stereocenters. The van der Waals surface area contributed by atoms with Crippen LogP contribution in [0.5, 0.6) is 0 Å². The molecule has 8 nitrogen and oxygen atoms in total. The van der Waals surface area contributed by atoms with Crippen LogP contribution in [0.25, 0.3) is 0 Å². The van der Waals surface area contributed by atoms with Crippen molar-refractivity contribution in [3.8, 4) is 0 Å². The molecule has 31 heavy (non-hydrogen) atoms. The molecule has 0 bridgehead atoms. The molecule has 3 rings (SSSR count). The Morgan fingerprint density at radius 3 is 2.26 bits per heavy atom. The van der Waals surface area contributed by atoms with Crippen molar-refractivity contribution in [3.05, 3.63) is 35.4 Å². The highest BCUT2D eigenvalue weighted by Crippen LogP contribution is 2.22. The Kier molecular flexibility index (Phi) is 8.28. The molecule has 2 aliphatic rings. The van der Waals surface area contributed by atoms with Gasteiger partial charge in [0.2, 0.25) is 11.8 Å². The summed E-state index contributed by atoms with van der Waals surface area (Å²) in [4.78, 5) is 35.2. The zero-order valence-electron chi connectivity index (χ0n) is 19.1. The maximum Gasteiger partial charge on any atom is 0.234 e. The van der Waals surface area contributed by atoms with Crippen LogP contribution in [0.15, 0.2) is 29.3 Å². The van der Waals surface area contributed by atoms with Gasteiger partial charge in [-0.25, -0.2) is 0 Å². The number of carbonyl (C=O) groups is 2. The summed E-state index contributed by atoms with van der Waals surface area (Å²) in [5.41, 5.74) is 2.52. The van der Waals surface area contributed by atoms with Crippen molar-refractivity contribution < 1.29 is 9.59 Å². The molecule has 0 radical (unpaired) electrons. The summed E-state index contributed by atoms with van der Waals surface area (Å²) < 4.78 is 0. The molecule has 0 aromatic heterocycles. The second kappa shape index (κ2) is 11.1. The number of piperazine rings is 1. The van der Waals surface area contributed by atoms with E-state index >= 15 is 0 Å². The van der Waals surface area contributed by atoms with E-state index < -0.39 is 0 Å². The van der Waals surface area contributed by atoms with Crippen molar-refractivity contribution in [3.63, 3.8) is 0 Å². The van der Waals surface area contributed by atoms with Crippen LogP contribution in [0.2, 0.25) is 0 Å². The number of aliphatic imine (C=N–C) groups is 1. The van der Waals surface area contributed by atoms with Crippen LogP contribution >= 0.6 is 0 Å². The normalized spacial score (nSPS) is 17.1. The zero-order chi connectivity index (χ0) is 22.2. The quantitative estimate of drug-likeness (QED) is 0.385. The van der Waals surface area contributed by atoms with E-state index in [2.05, 4.69) is 37.6 Å². The van der Waals surface area contributed by atoms with E-state index in [9.17, 15) is 9.59 Å². The first-order valence-corrected chi connectivity index (χ1v) is 11.3. The van der Waals surface area contributed by atoms with E-state index in [1.165, 1.54) is 11.1 Å². The van der Waals surface area contributed by atoms with Crippen molar-refractivity contribution in [1.82, 2.24) is 25.3 Å². The fourth-order valence-electron chi connectivity index (χ4n) is 4.13. The Morgan fingerprint density at radius 1 is 1.03 bits per heavy atom. The van der Waals surface area contributed by atoms with Gasteiger partial charge in [-0.05, 0) is 31.4 Å². The van der Waals surface area contributed by atoms with Crippen LogP contribution < -0.4 is 10.6 Å². The van der Waals surface area contributed by atoms with Crippen LogP contribution in [0, 0.1) is 0 Å². The van der Waals surface area contributed by atoms with Crippen molar-refractivity contribution in [2.75, 3.05) is 46.3 Å². The molecule has 2 heterocycles. The number of benzene rings is 1. The van der Waals surface area contributed by atoms with E-state index in [-0.39, 0.29) is 17.9 Å². The lowest BCUT2D eigenvalue weighted by molar-refractivity contribution is -0.131. The van der Waals surface area contributed by atoms with Crippen molar-refractivity contribution in [1.29, 1.82) is 0 Å². The molecule has 2 amide bonds. The smallest absolute Gasteiger partial charge is 0.234 e. The van der Waals surface area contributed by atoms with Crippen molar-refractivity contribution in [2.45, 2.75) is 45.8 Å². The third-order valence-electron chi connectivity index (χ3n) is 5.74. The van der Waals surface area contributed by atoms with E-state index in [1.54, 1.807) is 7.05 Å². The molecule has 0 atom stereocenters. The van der Waals surface area contributed by atoms with E-state index in [1.807, 2.05) is 30.9 Å². The first kappa shape index (κ1) is 23.1. The van der Waals surface area contributed by atoms with Gasteiger partial charge in [0.1, 0.15) is 0 Å². The predicted molar refractivity (Wildman–Crippen MR) is 123 cm³/mol. The number of fused-ring (bicyclic) bond motifs is 1. The largest absolute Gasteiger partial charge is 0.356 e. The average Bonchev–Trinajstić information content (AvgIpc) is 3.18. The van der Waals surface area contributed by atoms with Gasteiger partial charge in [-0.2, -0.15) is 0 Å². The lowest BCUT2D eigenvalue weighted by Crippen LogP contribution is -2.54. The minimum absolute atomic E-state index is 0.0803. The van der Waals surface area contributed by atoms with E-state index in [0.29, 0.717) is 13.0 Å². The molecule has 2 aliphatic heterocycles. The fraction of sp³-hybridized carbons (Fsp3) is 0.609. The second-order valence-electron chi connectivity index (χ2n) is 8.58. The number of nitrogens with zero attached hydrogens (tertiary/aromatic N) is 4. The molecule has 8 heteroatoms. The number of carbonyl (C=O) groups excluding carboxylic acids is 2. The molecule has 0 saturated carbocycles. The number of guanidine groups is 1. The summed E-state index contributed by atoms with van der Waals surface area (Å²) in [6.45, 7) is 9.90. The third kappa shape index (κ3) is 6.69. The van der Waals surface area contributed by atoms with Gasteiger partial charge in [-0.1, -0.05) is 24.3 Å². The molecular formula is C23H36N6O2. The van der Waals surface area contributed by atoms with Gasteiger partial charge in [0.25, 0.3) is 0 Å². The Morgan fingerprint density at radius 2 is 1.68 bits per heavy atom. The highest BCUT2D eigenvalue weighted by molar-refractivity contribution is 5.80. The summed E-state index contributed by atoms with van der Waals surface area (Å²) >= 11 is 0. The molecule has 1 aromatic carbocycles. The Bertz CT molecular complexity index is 761. The lowest BCUT2D eigenvalue weighted by atomic mass is 10.1. The summed E-state index contributed by atoms with van der Waals surface area (Å²) in [6, 6.07) is 8.44. The zero-order valence-corrected chi connectivity index (χ0v) is 19.1. The van der Waals surface area contributed by atoms with Crippen molar-refractivity contribution >= 4 is 17.8 Å². The summed E-state index contributed by atoms with van der Waals surface area (Å²) in [5.74, 6) is 1.16. The summed E-state index contributed by atoms with van der Waals surface area (Å²) in [7, 11) is 1.79. The second-order valence-corrected chi connectivity index (χ2v) is 8.58. The first-order chi connectivity index (χ1) is 15.0. The standard InChI is InChI=1S/C23H36N6O2/c1-18(2)26-21(30)17-27-11-13-28(14-12-27)23(24-3)25-10-6-9-22(31)29-15-19-7-4-5-8-20(19)16-29/h4-5,7-8,18H,6,9-17H2,1-3H3,(H,24,25)(H,26,30). The molecular weight excluding hydrogens is 392 g/mol.